The van der Waals surface area contributed by atoms with Crippen molar-refractivity contribution in [3.8, 4) is 0 Å². The maximum Gasteiger partial charge on any atom is 0.303 e. The maximum absolute atomic E-state index is 14.1. The van der Waals surface area contributed by atoms with Gasteiger partial charge in [-0.2, -0.15) is 0 Å². The number of hydrogen-bond acceptors (Lipinski definition) is 9. The molecule has 0 aromatic rings. The van der Waals surface area contributed by atoms with Crippen LogP contribution in [0.25, 0.3) is 0 Å². The number of aliphatic hydroxyl groups is 2. The summed E-state index contributed by atoms with van der Waals surface area (Å²) in [5.41, 5.74) is -3.58. The molecule has 0 amide bonds. The van der Waals surface area contributed by atoms with E-state index in [0.717, 1.165) is 0 Å². The van der Waals surface area contributed by atoms with E-state index < -0.39 is 64.0 Å². The summed E-state index contributed by atoms with van der Waals surface area (Å²) in [6, 6.07) is 0. The Labute approximate surface area is 219 Å². The van der Waals surface area contributed by atoms with E-state index in [4.69, 9.17) is 14.2 Å². The summed E-state index contributed by atoms with van der Waals surface area (Å²) in [6.45, 7) is 13.3. The lowest BCUT2D eigenvalue weighted by molar-refractivity contribution is -0.243. The molecule has 1 saturated carbocycles. The summed E-state index contributed by atoms with van der Waals surface area (Å²) in [5.74, 6) is -2.16. The SMILES string of the molecule is CSCOC1CC(O)[C@](C)(OC(C)=O)C(CC2(O)CCC(C)=CC2(C)C)C1(C)C(=O)C(C)OC(C)=O. The lowest BCUT2D eigenvalue weighted by Crippen LogP contribution is -2.69. The first-order valence-electron chi connectivity index (χ1n) is 12.5. The Hall–Kier alpha value is -1.42. The minimum Gasteiger partial charge on any atom is -0.456 e. The van der Waals surface area contributed by atoms with E-state index in [1.165, 1.54) is 38.1 Å². The average Bonchev–Trinajstić information content (AvgIpc) is 2.74. The lowest BCUT2D eigenvalue weighted by atomic mass is 9.51. The molecule has 0 aromatic heterocycles. The second-order valence-electron chi connectivity index (χ2n) is 11.5. The molecule has 1 fully saturated rings. The summed E-state index contributed by atoms with van der Waals surface area (Å²) in [5, 5.41) is 23.4. The molecule has 36 heavy (non-hydrogen) atoms. The minimum absolute atomic E-state index is 0.0384. The van der Waals surface area contributed by atoms with Crippen molar-refractivity contribution in [1.29, 1.82) is 0 Å². The highest BCUT2D eigenvalue weighted by atomic mass is 32.2. The van der Waals surface area contributed by atoms with Crippen molar-refractivity contribution in [3.63, 3.8) is 0 Å². The van der Waals surface area contributed by atoms with Crippen LogP contribution < -0.4 is 0 Å². The minimum atomic E-state index is -1.49. The molecule has 9 heteroatoms. The number of allylic oxidation sites excluding steroid dienone is 1. The van der Waals surface area contributed by atoms with Crippen LogP contribution in [0.3, 0.4) is 0 Å². The second-order valence-corrected chi connectivity index (χ2v) is 12.3. The van der Waals surface area contributed by atoms with Gasteiger partial charge in [-0.3, -0.25) is 14.4 Å². The molecule has 0 radical (unpaired) electrons. The van der Waals surface area contributed by atoms with Crippen LogP contribution in [0.4, 0.5) is 0 Å². The quantitative estimate of drug-likeness (QED) is 0.261. The van der Waals surface area contributed by atoms with Gasteiger partial charge >= 0.3 is 11.9 Å². The number of hydrogen-bond donors (Lipinski definition) is 2. The number of esters is 2. The van der Waals surface area contributed by atoms with Crippen LogP contribution in [0.1, 0.15) is 81.1 Å². The van der Waals surface area contributed by atoms with Crippen LogP contribution in [-0.2, 0) is 28.6 Å². The average molecular weight is 529 g/mol. The zero-order valence-corrected chi connectivity index (χ0v) is 24.0. The maximum atomic E-state index is 14.1. The van der Waals surface area contributed by atoms with Gasteiger partial charge in [0.25, 0.3) is 0 Å². The van der Waals surface area contributed by atoms with Gasteiger partial charge in [0, 0.05) is 31.6 Å². The fraction of sp³-hybridized carbons (Fsp3) is 0.815. The van der Waals surface area contributed by atoms with Gasteiger partial charge in [0.05, 0.1) is 29.2 Å². The van der Waals surface area contributed by atoms with E-state index >= 15 is 0 Å². The largest absolute Gasteiger partial charge is 0.456 e. The number of carbonyl (C=O) groups excluding carboxylic acids is 3. The Morgan fingerprint density at radius 2 is 1.78 bits per heavy atom. The van der Waals surface area contributed by atoms with E-state index in [2.05, 4.69) is 0 Å². The molecule has 2 rings (SSSR count). The van der Waals surface area contributed by atoms with Crippen molar-refractivity contribution in [2.24, 2.45) is 16.7 Å². The summed E-state index contributed by atoms with van der Waals surface area (Å²) in [7, 11) is 0. The number of Topliss-reactive ketones (excluding diaryl/α,β-unsaturated/α-hetero) is 1. The number of thioether (sulfide) groups is 1. The van der Waals surface area contributed by atoms with Crippen LogP contribution in [-0.4, -0.2) is 69.6 Å². The predicted molar refractivity (Wildman–Crippen MR) is 138 cm³/mol. The van der Waals surface area contributed by atoms with Gasteiger partial charge < -0.3 is 24.4 Å². The van der Waals surface area contributed by atoms with Crippen LogP contribution >= 0.6 is 11.8 Å². The van der Waals surface area contributed by atoms with Crippen molar-refractivity contribution in [2.75, 3.05) is 12.2 Å². The van der Waals surface area contributed by atoms with Gasteiger partial charge in [-0.1, -0.05) is 25.5 Å². The molecule has 6 unspecified atom stereocenters. The van der Waals surface area contributed by atoms with Crippen LogP contribution in [0.15, 0.2) is 11.6 Å². The number of carbonyl (C=O) groups is 3. The molecule has 2 N–H and O–H groups in total. The van der Waals surface area contributed by atoms with Crippen molar-refractivity contribution >= 4 is 29.5 Å². The van der Waals surface area contributed by atoms with Gasteiger partial charge in [0.15, 0.2) is 11.9 Å². The Morgan fingerprint density at radius 3 is 2.28 bits per heavy atom. The highest BCUT2D eigenvalue weighted by Crippen LogP contribution is 2.57. The lowest BCUT2D eigenvalue weighted by Gasteiger charge is -2.59. The number of ether oxygens (including phenoxy) is 3. The third-order valence-electron chi connectivity index (χ3n) is 8.46. The third kappa shape index (κ3) is 5.84. The fourth-order valence-electron chi connectivity index (χ4n) is 6.31. The summed E-state index contributed by atoms with van der Waals surface area (Å²) >= 11 is 1.43. The molecule has 0 saturated heterocycles. The van der Waals surface area contributed by atoms with Gasteiger partial charge in [-0.25, -0.2) is 0 Å². The van der Waals surface area contributed by atoms with Crippen LogP contribution in [0.5, 0.6) is 0 Å². The zero-order valence-electron chi connectivity index (χ0n) is 23.2. The van der Waals surface area contributed by atoms with Gasteiger partial charge in [-0.05, 0) is 53.2 Å². The highest BCUT2D eigenvalue weighted by Gasteiger charge is 2.66. The van der Waals surface area contributed by atoms with E-state index in [-0.39, 0.29) is 18.8 Å². The molecule has 206 valence electrons. The normalized spacial score (nSPS) is 37.0. The monoisotopic (exact) mass is 528 g/mol. The summed E-state index contributed by atoms with van der Waals surface area (Å²) in [6.07, 6.45) is 2.15. The molecule has 0 aliphatic heterocycles. The fourth-order valence-corrected chi connectivity index (χ4v) is 6.61. The zero-order chi connectivity index (χ0) is 27.7. The summed E-state index contributed by atoms with van der Waals surface area (Å²) < 4.78 is 17.2. The standard InChI is InChI=1S/C27H44O8S/c1-16-10-11-27(32,24(5,6)13-16)14-20-25(7,23(31)17(2)34-18(3)28)22(33-15-36-9)12-21(30)26(20,8)35-19(4)29/h13,17,20-22,30,32H,10-12,14-15H2,1-9H3/t17?,20?,21?,22?,25?,26-,27?/m1/s1. The number of rotatable bonds is 9. The first kappa shape index (κ1) is 30.8. The molecule has 0 heterocycles. The first-order chi connectivity index (χ1) is 16.4. The topological polar surface area (TPSA) is 119 Å². The molecule has 2 aliphatic carbocycles. The highest BCUT2D eigenvalue weighted by molar-refractivity contribution is 7.98. The molecular weight excluding hydrogens is 484 g/mol. The molecular formula is C27H44O8S. The van der Waals surface area contributed by atoms with Crippen molar-refractivity contribution in [3.05, 3.63) is 11.6 Å². The van der Waals surface area contributed by atoms with Crippen LogP contribution in [0, 0.1) is 16.7 Å². The van der Waals surface area contributed by atoms with Crippen molar-refractivity contribution in [2.45, 2.75) is 111 Å². The molecule has 7 atom stereocenters. The van der Waals surface area contributed by atoms with E-state index in [0.29, 0.717) is 12.8 Å². The van der Waals surface area contributed by atoms with Gasteiger partial charge in [0.2, 0.25) is 0 Å². The first-order valence-corrected chi connectivity index (χ1v) is 13.9. The van der Waals surface area contributed by atoms with E-state index in [1.54, 1.807) is 13.8 Å². The van der Waals surface area contributed by atoms with Gasteiger partial charge in [-0.15, -0.1) is 11.8 Å². The molecule has 8 nitrogen and oxygen atoms in total. The Kier molecular flexibility index (Phi) is 9.53. The Morgan fingerprint density at radius 1 is 1.17 bits per heavy atom. The molecule has 0 aromatic carbocycles. The predicted octanol–water partition coefficient (Wildman–Crippen LogP) is 3.81. The Bertz CT molecular complexity index is 885. The van der Waals surface area contributed by atoms with Crippen molar-refractivity contribution in [1.82, 2.24) is 0 Å². The number of ketones is 1. The third-order valence-corrected chi connectivity index (χ3v) is 8.83. The smallest absolute Gasteiger partial charge is 0.303 e. The van der Waals surface area contributed by atoms with Gasteiger partial charge in [0.1, 0.15) is 5.60 Å². The molecule has 0 bridgehead atoms. The second kappa shape index (κ2) is 11.1. The Balaban J connectivity index is 2.74. The van der Waals surface area contributed by atoms with E-state index in [9.17, 15) is 24.6 Å². The van der Waals surface area contributed by atoms with Crippen LogP contribution in [0.2, 0.25) is 0 Å². The van der Waals surface area contributed by atoms with E-state index in [1.807, 2.05) is 33.1 Å². The summed E-state index contributed by atoms with van der Waals surface area (Å²) in [4.78, 5) is 38.1. The molecule has 2 aliphatic rings. The van der Waals surface area contributed by atoms with Crippen molar-refractivity contribution < 1.29 is 38.8 Å². The molecule has 0 spiro atoms. The number of aliphatic hydroxyl groups excluding tert-OH is 1.